The number of nitrogens with two attached hydrogens (primary N) is 1. The Labute approximate surface area is 181 Å². The van der Waals surface area contributed by atoms with Crippen molar-refractivity contribution in [1.82, 2.24) is 5.32 Å². The minimum absolute atomic E-state index is 0.144. The molecule has 2 aromatic carbocycles. The van der Waals surface area contributed by atoms with E-state index < -0.39 is 23.5 Å². The van der Waals surface area contributed by atoms with Crippen LogP contribution < -0.4 is 11.1 Å². The van der Waals surface area contributed by atoms with Crippen molar-refractivity contribution in [3.63, 3.8) is 0 Å². The largest absolute Gasteiger partial charge is 0.480 e. The monoisotopic (exact) mass is 432 g/mol. The molecule has 1 aliphatic heterocycles. The van der Waals surface area contributed by atoms with E-state index in [1.807, 2.05) is 42.5 Å². The van der Waals surface area contributed by atoms with E-state index >= 15 is 0 Å². The molecule has 4 N–H and O–H groups in total. The molecule has 1 aliphatic carbocycles. The molecule has 2 aromatic rings. The molecule has 0 bridgehead atoms. The summed E-state index contributed by atoms with van der Waals surface area (Å²) in [6, 6.07) is 14.0. The summed E-state index contributed by atoms with van der Waals surface area (Å²) >= 11 is 12.4. The topological polar surface area (TPSA) is 75.3 Å². The number of carbonyl (C=O) groups is 1. The Morgan fingerprint density at radius 1 is 1.03 bits per heavy atom. The third-order valence-corrected chi connectivity index (χ3v) is 7.15. The van der Waals surface area contributed by atoms with Crippen LogP contribution in [-0.2, 0) is 10.3 Å². The van der Waals surface area contributed by atoms with Gasteiger partial charge < -0.3 is 10.8 Å². The SMILES string of the molecule is N[C@]1(c2ccc(Cl)cc2)[C@H](C2CCCCC2)NC(C(=O)O)[C@@H]1c1cccc(Cl)c1. The number of carboxylic acids is 1. The summed E-state index contributed by atoms with van der Waals surface area (Å²) in [5, 5.41) is 14.7. The molecule has 4 rings (SSSR count). The molecule has 154 valence electrons. The summed E-state index contributed by atoms with van der Waals surface area (Å²) in [7, 11) is 0. The summed E-state index contributed by atoms with van der Waals surface area (Å²) in [5.74, 6) is -1.01. The van der Waals surface area contributed by atoms with Crippen LogP contribution in [0.15, 0.2) is 48.5 Å². The molecule has 1 unspecified atom stereocenters. The number of hydrogen-bond donors (Lipinski definition) is 3. The maximum Gasteiger partial charge on any atom is 0.321 e. The molecule has 0 radical (unpaired) electrons. The van der Waals surface area contributed by atoms with Crippen LogP contribution >= 0.6 is 23.2 Å². The van der Waals surface area contributed by atoms with E-state index in [1.165, 1.54) is 6.42 Å². The predicted molar refractivity (Wildman–Crippen MR) is 116 cm³/mol. The zero-order chi connectivity index (χ0) is 20.6. The Balaban J connectivity index is 1.88. The second-order valence-electron chi connectivity index (χ2n) is 8.33. The fourth-order valence-electron chi connectivity index (χ4n) is 5.37. The highest BCUT2D eigenvalue weighted by molar-refractivity contribution is 6.30. The van der Waals surface area contributed by atoms with E-state index in [-0.39, 0.29) is 6.04 Å². The lowest BCUT2D eigenvalue weighted by molar-refractivity contribution is -0.139. The first-order valence-electron chi connectivity index (χ1n) is 10.2. The Hall–Kier alpha value is -1.59. The molecule has 0 aromatic heterocycles. The first-order chi connectivity index (χ1) is 13.9. The second kappa shape index (κ2) is 8.27. The lowest BCUT2D eigenvalue weighted by Gasteiger charge is -2.41. The highest BCUT2D eigenvalue weighted by Crippen LogP contribution is 2.49. The smallest absolute Gasteiger partial charge is 0.321 e. The van der Waals surface area contributed by atoms with Crippen LogP contribution in [-0.4, -0.2) is 23.2 Å². The lowest BCUT2D eigenvalue weighted by Crippen LogP contribution is -2.54. The Morgan fingerprint density at radius 3 is 2.34 bits per heavy atom. The van der Waals surface area contributed by atoms with Crippen molar-refractivity contribution in [3.8, 4) is 0 Å². The van der Waals surface area contributed by atoms with E-state index in [1.54, 1.807) is 6.07 Å². The number of carboxylic acid groups (broad SMARTS) is 1. The summed E-state index contributed by atoms with van der Waals surface area (Å²) in [6.45, 7) is 0. The van der Waals surface area contributed by atoms with Crippen molar-refractivity contribution in [2.45, 2.75) is 55.6 Å². The zero-order valence-corrected chi connectivity index (χ0v) is 17.7. The number of rotatable bonds is 4. The standard InChI is InChI=1S/C23H26Cl2N2O2/c24-17-11-9-16(10-12-17)23(26)19(15-7-4-8-18(25)13-15)20(22(28)29)27-21(23)14-5-2-1-3-6-14/h4,7-14,19-21,27H,1-3,5-6,26H2,(H,28,29)/t19-,20?,21-,23-/m0/s1. The Morgan fingerprint density at radius 2 is 1.72 bits per heavy atom. The maximum absolute atomic E-state index is 12.3. The van der Waals surface area contributed by atoms with E-state index in [9.17, 15) is 9.90 Å². The Bertz CT molecular complexity index is 883. The molecule has 0 spiro atoms. The van der Waals surface area contributed by atoms with Crippen LogP contribution in [0.1, 0.15) is 49.1 Å². The summed E-state index contributed by atoms with van der Waals surface area (Å²) in [6.07, 6.45) is 5.64. The van der Waals surface area contributed by atoms with Gasteiger partial charge in [-0.3, -0.25) is 10.1 Å². The average molecular weight is 433 g/mol. The van der Waals surface area contributed by atoms with Gasteiger partial charge in [0.25, 0.3) is 0 Å². The lowest BCUT2D eigenvalue weighted by atomic mass is 9.67. The van der Waals surface area contributed by atoms with Gasteiger partial charge in [-0.2, -0.15) is 0 Å². The summed E-state index contributed by atoms with van der Waals surface area (Å²) < 4.78 is 0. The number of aliphatic carboxylic acids is 1. The molecule has 2 fully saturated rings. The molecular weight excluding hydrogens is 407 g/mol. The van der Waals surface area contributed by atoms with Crippen LogP contribution in [0.4, 0.5) is 0 Å². The summed E-state index contributed by atoms with van der Waals surface area (Å²) in [4.78, 5) is 12.3. The number of benzene rings is 2. The maximum atomic E-state index is 12.3. The third kappa shape index (κ3) is 3.79. The average Bonchev–Trinajstić information content (AvgIpc) is 3.03. The molecule has 1 saturated carbocycles. The van der Waals surface area contributed by atoms with Crippen LogP contribution in [0.25, 0.3) is 0 Å². The minimum Gasteiger partial charge on any atom is -0.480 e. The van der Waals surface area contributed by atoms with Crippen molar-refractivity contribution < 1.29 is 9.90 Å². The molecule has 2 aliphatic rings. The molecule has 0 amide bonds. The highest BCUT2D eigenvalue weighted by atomic mass is 35.5. The third-order valence-electron chi connectivity index (χ3n) is 6.66. The van der Waals surface area contributed by atoms with Crippen molar-refractivity contribution in [3.05, 3.63) is 69.7 Å². The van der Waals surface area contributed by atoms with Gasteiger partial charge >= 0.3 is 5.97 Å². The highest BCUT2D eigenvalue weighted by Gasteiger charge is 2.58. The number of halogens is 2. The van der Waals surface area contributed by atoms with E-state index in [0.717, 1.165) is 36.8 Å². The normalized spacial score (nSPS) is 30.4. The zero-order valence-electron chi connectivity index (χ0n) is 16.2. The van der Waals surface area contributed by atoms with Gasteiger partial charge in [0.2, 0.25) is 0 Å². The van der Waals surface area contributed by atoms with Gasteiger partial charge in [0.15, 0.2) is 0 Å². The fraction of sp³-hybridized carbons (Fsp3) is 0.435. The molecule has 29 heavy (non-hydrogen) atoms. The van der Waals surface area contributed by atoms with Gasteiger partial charge in [-0.05, 0) is 54.2 Å². The van der Waals surface area contributed by atoms with E-state index in [2.05, 4.69) is 5.32 Å². The molecule has 4 nitrogen and oxygen atoms in total. The van der Waals surface area contributed by atoms with Gasteiger partial charge in [-0.15, -0.1) is 0 Å². The first kappa shape index (κ1) is 20.7. The molecule has 1 saturated heterocycles. The van der Waals surface area contributed by atoms with E-state index in [0.29, 0.717) is 16.0 Å². The Kier molecular flexibility index (Phi) is 5.90. The second-order valence-corrected chi connectivity index (χ2v) is 9.20. The molecule has 4 atom stereocenters. The predicted octanol–water partition coefficient (Wildman–Crippen LogP) is 4.94. The van der Waals surface area contributed by atoms with Crippen LogP contribution in [0.5, 0.6) is 0 Å². The minimum atomic E-state index is -0.892. The first-order valence-corrected chi connectivity index (χ1v) is 11.0. The van der Waals surface area contributed by atoms with Gasteiger partial charge in [-0.25, -0.2) is 0 Å². The van der Waals surface area contributed by atoms with Crippen LogP contribution in [0.2, 0.25) is 10.0 Å². The van der Waals surface area contributed by atoms with Crippen molar-refractivity contribution >= 4 is 29.2 Å². The van der Waals surface area contributed by atoms with Crippen molar-refractivity contribution in [2.75, 3.05) is 0 Å². The van der Waals surface area contributed by atoms with Crippen LogP contribution in [0.3, 0.4) is 0 Å². The van der Waals surface area contributed by atoms with Gasteiger partial charge in [0.1, 0.15) is 6.04 Å². The number of hydrogen-bond acceptors (Lipinski definition) is 3. The van der Waals surface area contributed by atoms with Gasteiger partial charge in [-0.1, -0.05) is 66.7 Å². The quantitative estimate of drug-likeness (QED) is 0.639. The van der Waals surface area contributed by atoms with Gasteiger partial charge in [0, 0.05) is 22.0 Å². The van der Waals surface area contributed by atoms with Crippen molar-refractivity contribution in [1.29, 1.82) is 0 Å². The molecule has 6 heteroatoms. The summed E-state index contributed by atoms with van der Waals surface area (Å²) in [5.41, 5.74) is 8.10. The van der Waals surface area contributed by atoms with E-state index in [4.69, 9.17) is 28.9 Å². The van der Waals surface area contributed by atoms with Gasteiger partial charge in [0.05, 0.1) is 5.54 Å². The van der Waals surface area contributed by atoms with Crippen molar-refractivity contribution in [2.24, 2.45) is 11.7 Å². The van der Waals surface area contributed by atoms with Crippen LogP contribution in [0, 0.1) is 5.92 Å². The number of nitrogens with one attached hydrogen (secondary N) is 1. The fourth-order valence-corrected chi connectivity index (χ4v) is 5.69. The molecular formula is C23H26Cl2N2O2. The molecule has 1 heterocycles.